The van der Waals surface area contributed by atoms with Crippen molar-refractivity contribution in [3.05, 3.63) is 69.2 Å². The number of anilines is 2. The quantitative estimate of drug-likeness (QED) is 0.229. The molecular formula is C31H29CoF3N4O4S2. The number of alkyl halides is 3. The molecule has 0 bridgehead atoms. The molecular weight excluding hydrogens is 672 g/mol. The minimum atomic E-state index is -4.90. The van der Waals surface area contributed by atoms with E-state index in [1.54, 1.807) is 18.2 Å². The number of aldehydes is 1. The van der Waals surface area contributed by atoms with Crippen LogP contribution in [0.1, 0.15) is 51.4 Å². The number of nitrogens with zero attached hydrogens (tertiary/aromatic N) is 2. The molecule has 0 unspecified atom stereocenters. The number of amides is 2. The number of nitrogens with one attached hydrogen (secondary N) is 2. The van der Waals surface area contributed by atoms with Crippen molar-refractivity contribution in [3.8, 4) is 0 Å². The first-order valence-corrected chi connectivity index (χ1v) is 15.9. The number of carbonyl (C=O) groups is 4. The molecule has 8 nitrogen and oxygen atoms in total. The van der Waals surface area contributed by atoms with E-state index in [0.29, 0.717) is 27.4 Å². The molecule has 2 heterocycles. The van der Waals surface area contributed by atoms with Crippen LogP contribution in [-0.4, -0.2) is 30.1 Å². The standard InChI is InChI=1S/C16H15F3N2O2S.C15H16N2O2S.Co/c17-16(18,19)13(22)8-14-21-11-6-5-10(7-12(11)24-14)20-15(23)9-3-1-2-4-9;18-8-7-14-17-12-6-5-11(9-13(12)20-14)16-15(19)10-3-1-2-4-10;/h5-9H,1-4H2,(H2,20,21,22,23);5-10H,1-4H2,(H2,16,17,18,19);/q;;+2/p-2. The third-order valence-electron chi connectivity index (χ3n) is 7.54. The van der Waals surface area contributed by atoms with Crippen molar-refractivity contribution in [3.63, 3.8) is 0 Å². The average Bonchev–Trinajstić information content (AvgIpc) is 3.79. The van der Waals surface area contributed by atoms with E-state index in [2.05, 4.69) is 21.3 Å². The van der Waals surface area contributed by atoms with E-state index in [0.717, 1.165) is 85.7 Å². The van der Waals surface area contributed by atoms with Gasteiger partial charge in [-0.1, -0.05) is 47.9 Å². The Morgan fingerprint density at radius 2 is 1.20 bits per heavy atom. The molecule has 0 spiro atoms. The maximum Gasteiger partial charge on any atom is 2.00 e. The number of thioether (sulfide) groups is 2. The number of hydrogen-bond donors (Lipinski definition) is 2. The molecule has 0 saturated heterocycles. The molecule has 0 aromatic heterocycles. The Hall–Kier alpha value is -3.20. The van der Waals surface area contributed by atoms with E-state index in [1.165, 1.54) is 17.8 Å². The van der Waals surface area contributed by atoms with Crippen LogP contribution >= 0.6 is 23.5 Å². The van der Waals surface area contributed by atoms with Crippen LogP contribution in [-0.2, 0) is 36.0 Å². The molecule has 2 aliphatic carbocycles. The summed E-state index contributed by atoms with van der Waals surface area (Å²) >= 11 is 2.42. The smallest absolute Gasteiger partial charge is 0.651 e. The van der Waals surface area contributed by atoms with Gasteiger partial charge in [0.05, 0.1) is 0 Å². The number of fused-ring (bicyclic) bond motifs is 2. The normalized spacial score (nSPS) is 19.0. The van der Waals surface area contributed by atoms with Crippen LogP contribution in [0, 0.1) is 11.8 Å². The average molecular weight is 702 g/mol. The van der Waals surface area contributed by atoms with Gasteiger partial charge in [0.1, 0.15) is 6.29 Å². The van der Waals surface area contributed by atoms with Crippen LogP contribution in [0.25, 0.3) is 10.6 Å². The van der Waals surface area contributed by atoms with Crippen molar-refractivity contribution >= 4 is 70.2 Å². The number of ketones is 1. The molecule has 2 aromatic carbocycles. The maximum atomic E-state index is 12.3. The summed E-state index contributed by atoms with van der Waals surface area (Å²) in [6.07, 6.45) is 5.92. The zero-order chi connectivity index (χ0) is 31.3. The summed E-state index contributed by atoms with van der Waals surface area (Å²) < 4.78 is 36.9. The van der Waals surface area contributed by atoms with Crippen LogP contribution in [0.5, 0.6) is 0 Å². The van der Waals surface area contributed by atoms with Gasteiger partial charge in [-0.05, 0) is 71.9 Å². The van der Waals surface area contributed by atoms with Crippen LogP contribution in [0.2, 0.25) is 0 Å². The summed E-state index contributed by atoms with van der Waals surface area (Å²) in [6, 6.07) is 10.6. The number of hydrogen-bond acceptors (Lipinski definition) is 6. The molecule has 6 rings (SSSR count). The third-order valence-corrected chi connectivity index (χ3v) is 9.49. The van der Waals surface area contributed by atoms with Gasteiger partial charge in [0, 0.05) is 23.2 Å². The molecule has 1 radical (unpaired) electrons. The summed E-state index contributed by atoms with van der Waals surface area (Å²) in [5.74, 6) is -1.67. The first-order chi connectivity index (χ1) is 21.1. The molecule has 239 valence electrons. The molecule has 4 aliphatic rings. The Morgan fingerprint density at radius 1 is 0.756 bits per heavy atom. The maximum absolute atomic E-state index is 12.3. The Balaban J connectivity index is 0.000000203. The fourth-order valence-electron chi connectivity index (χ4n) is 5.29. The van der Waals surface area contributed by atoms with Gasteiger partial charge in [0.2, 0.25) is 11.8 Å². The summed E-state index contributed by atoms with van der Waals surface area (Å²) in [5, 5.41) is 14.8. The SMILES string of the molecule is O=C(Nc1ccc2c(c1)S/C(=C/C(=O)C(F)(F)F)[N-]2)C1CCCC1.O=C/C=C1\[N-]c2ccc(NC(=O)C3CCCC3)cc2S1.[Co+2]. The molecule has 2 aliphatic heterocycles. The summed E-state index contributed by atoms with van der Waals surface area (Å²) in [6.45, 7) is 0. The topological polar surface area (TPSA) is 121 Å². The van der Waals surface area contributed by atoms with Crippen LogP contribution < -0.4 is 10.6 Å². The zero-order valence-electron chi connectivity index (χ0n) is 23.8. The van der Waals surface area contributed by atoms with Crippen LogP contribution in [0.4, 0.5) is 35.9 Å². The number of carbonyl (C=O) groups excluding carboxylic acids is 4. The van der Waals surface area contributed by atoms with Gasteiger partial charge in [-0.3, -0.25) is 19.2 Å². The van der Waals surface area contributed by atoms with Gasteiger partial charge in [-0.15, -0.1) is 34.9 Å². The van der Waals surface area contributed by atoms with Crippen molar-refractivity contribution in [1.29, 1.82) is 0 Å². The molecule has 2 aromatic rings. The Bertz CT molecular complexity index is 1520. The minimum absolute atomic E-state index is 0. The monoisotopic (exact) mass is 701 g/mol. The van der Waals surface area contributed by atoms with Gasteiger partial charge < -0.3 is 21.3 Å². The fourth-order valence-corrected chi connectivity index (χ4v) is 7.13. The minimum Gasteiger partial charge on any atom is -0.651 e. The Labute approximate surface area is 277 Å². The number of rotatable bonds is 6. The third kappa shape index (κ3) is 9.18. The predicted octanol–water partition coefficient (Wildman–Crippen LogP) is 8.86. The van der Waals surface area contributed by atoms with Gasteiger partial charge in [0.25, 0.3) is 5.78 Å². The van der Waals surface area contributed by atoms with Crippen molar-refractivity contribution in [2.24, 2.45) is 11.8 Å². The van der Waals surface area contributed by atoms with E-state index in [1.807, 2.05) is 18.2 Å². The van der Waals surface area contributed by atoms with Crippen LogP contribution in [0.15, 0.2) is 68.4 Å². The van der Waals surface area contributed by atoms with E-state index >= 15 is 0 Å². The summed E-state index contributed by atoms with van der Waals surface area (Å²) in [5.41, 5.74) is 2.72. The second-order valence-electron chi connectivity index (χ2n) is 10.7. The van der Waals surface area contributed by atoms with Crippen LogP contribution in [0.3, 0.4) is 0 Å². The van der Waals surface area contributed by atoms with E-state index in [9.17, 15) is 32.3 Å². The van der Waals surface area contributed by atoms with Gasteiger partial charge >= 0.3 is 23.0 Å². The molecule has 2 saturated carbocycles. The fraction of sp³-hybridized carbons (Fsp3) is 0.355. The molecule has 0 atom stereocenters. The molecule has 45 heavy (non-hydrogen) atoms. The second-order valence-corrected chi connectivity index (χ2v) is 12.8. The zero-order valence-corrected chi connectivity index (χ0v) is 26.5. The molecule has 2 amide bonds. The summed E-state index contributed by atoms with van der Waals surface area (Å²) in [4.78, 5) is 47.2. The van der Waals surface area contributed by atoms with E-state index < -0.39 is 12.0 Å². The molecule has 2 N–H and O–H groups in total. The van der Waals surface area contributed by atoms with Crippen molar-refractivity contribution in [1.82, 2.24) is 0 Å². The molecule has 14 heteroatoms. The van der Waals surface area contributed by atoms with Gasteiger partial charge in [-0.25, -0.2) is 0 Å². The van der Waals surface area contributed by atoms with Crippen molar-refractivity contribution in [2.45, 2.75) is 67.3 Å². The summed E-state index contributed by atoms with van der Waals surface area (Å²) in [7, 11) is 0. The van der Waals surface area contributed by atoms with Crippen molar-refractivity contribution in [2.75, 3.05) is 10.6 Å². The van der Waals surface area contributed by atoms with Crippen molar-refractivity contribution < 1.29 is 49.1 Å². The molecule has 2 fully saturated rings. The van der Waals surface area contributed by atoms with E-state index in [4.69, 9.17) is 0 Å². The Morgan fingerprint density at radius 3 is 1.64 bits per heavy atom. The first kappa shape index (κ1) is 34.7. The van der Waals surface area contributed by atoms with Gasteiger partial charge in [-0.2, -0.15) is 13.2 Å². The largest absolute Gasteiger partial charge is 2.00 e. The van der Waals surface area contributed by atoms with Gasteiger partial charge in [0.15, 0.2) is 0 Å². The number of benzene rings is 2. The second kappa shape index (κ2) is 15.4. The predicted molar refractivity (Wildman–Crippen MR) is 165 cm³/mol. The van der Waals surface area contributed by atoms with E-state index in [-0.39, 0.29) is 45.5 Å². The number of halogens is 3. The first-order valence-electron chi connectivity index (χ1n) is 14.3. The Kier molecular flexibility index (Phi) is 11.9. The number of allylic oxidation sites excluding steroid dienone is 2.